The fourth-order valence-corrected chi connectivity index (χ4v) is 2.74. The highest BCUT2D eigenvalue weighted by Crippen LogP contribution is 2.22. The second-order valence-corrected chi connectivity index (χ2v) is 6.71. The average Bonchev–Trinajstić information content (AvgIpc) is 3.15. The number of carbonyl (C=O) groups is 1. The van der Waals surface area contributed by atoms with Gasteiger partial charge in [0.2, 0.25) is 17.6 Å². The molecule has 27 heavy (non-hydrogen) atoms. The number of rotatable bonds is 6. The number of benzene rings is 2. The normalized spacial score (nSPS) is 12.2. The van der Waals surface area contributed by atoms with Crippen molar-refractivity contribution in [3.8, 4) is 11.4 Å². The van der Waals surface area contributed by atoms with Crippen molar-refractivity contribution in [2.45, 2.75) is 26.8 Å². The average molecular weight is 364 g/mol. The summed E-state index contributed by atoms with van der Waals surface area (Å²) in [4.78, 5) is 18.8. The van der Waals surface area contributed by atoms with Gasteiger partial charge in [-0.25, -0.2) is 0 Å². The second-order valence-electron chi connectivity index (χ2n) is 6.71. The Morgan fingerprint density at radius 3 is 2.63 bits per heavy atom. The van der Waals surface area contributed by atoms with Crippen molar-refractivity contribution in [3.63, 3.8) is 0 Å². The van der Waals surface area contributed by atoms with Gasteiger partial charge in [-0.3, -0.25) is 9.69 Å². The lowest BCUT2D eigenvalue weighted by molar-refractivity contribution is -0.117. The van der Waals surface area contributed by atoms with E-state index >= 15 is 0 Å². The maximum atomic E-state index is 12.4. The molecule has 1 heterocycles. The van der Waals surface area contributed by atoms with Gasteiger partial charge in [0.15, 0.2) is 0 Å². The molecule has 0 aliphatic rings. The monoisotopic (exact) mass is 364 g/mol. The number of amides is 1. The molecule has 0 saturated heterocycles. The van der Waals surface area contributed by atoms with Crippen molar-refractivity contribution in [2.75, 3.05) is 18.9 Å². The molecule has 0 aliphatic heterocycles. The number of hydrogen-bond donors (Lipinski definition) is 1. The Bertz CT molecular complexity index is 921. The molecule has 1 atom stereocenters. The molecule has 1 N–H and O–H groups in total. The van der Waals surface area contributed by atoms with Crippen LogP contribution < -0.4 is 5.32 Å². The lowest BCUT2D eigenvalue weighted by atomic mass is 10.1. The van der Waals surface area contributed by atoms with E-state index in [1.807, 2.05) is 81.2 Å². The fraction of sp³-hybridized carbons (Fsp3) is 0.286. The molecule has 0 saturated carbocycles. The van der Waals surface area contributed by atoms with Gasteiger partial charge < -0.3 is 9.84 Å². The third-order valence-corrected chi connectivity index (χ3v) is 4.76. The summed E-state index contributed by atoms with van der Waals surface area (Å²) < 4.78 is 5.40. The van der Waals surface area contributed by atoms with Gasteiger partial charge in [0.05, 0.1) is 12.6 Å². The van der Waals surface area contributed by atoms with E-state index in [4.69, 9.17) is 4.52 Å². The Morgan fingerprint density at radius 1 is 1.15 bits per heavy atom. The molecule has 0 radical (unpaired) electrons. The van der Waals surface area contributed by atoms with Crippen molar-refractivity contribution in [1.29, 1.82) is 0 Å². The Kier molecular flexibility index (Phi) is 5.66. The zero-order valence-electron chi connectivity index (χ0n) is 16.1. The van der Waals surface area contributed by atoms with Gasteiger partial charge in [-0.05, 0) is 45.0 Å². The van der Waals surface area contributed by atoms with Crippen LogP contribution in [0.25, 0.3) is 11.4 Å². The molecule has 6 heteroatoms. The molecule has 0 fully saturated rings. The number of likely N-dealkylation sites (N-methyl/N-ethyl adjacent to an activating group) is 1. The van der Waals surface area contributed by atoms with Crippen LogP contribution in [0.3, 0.4) is 0 Å². The number of nitrogens with zero attached hydrogens (tertiary/aromatic N) is 3. The van der Waals surface area contributed by atoms with E-state index in [2.05, 4.69) is 15.5 Å². The number of nitrogens with one attached hydrogen (secondary N) is 1. The maximum Gasteiger partial charge on any atom is 0.244 e. The predicted octanol–water partition coefficient (Wildman–Crippen LogP) is 3.98. The van der Waals surface area contributed by atoms with Crippen molar-refractivity contribution in [2.24, 2.45) is 0 Å². The third-order valence-electron chi connectivity index (χ3n) is 4.76. The molecular weight excluding hydrogens is 340 g/mol. The second kappa shape index (κ2) is 8.14. The highest BCUT2D eigenvalue weighted by atomic mass is 16.5. The van der Waals surface area contributed by atoms with E-state index in [1.165, 1.54) is 0 Å². The van der Waals surface area contributed by atoms with Crippen molar-refractivity contribution >= 4 is 11.6 Å². The molecule has 3 aromatic rings. The lowest BCUT2D eigenvalue weighted by Crippen LogP contribution is -2.32. The summed E-state index contributed by atoms with van der Waals surface area (Å²) in [6.45, 7) is 6.19. The molecular formula is C21H24N4O2. The predicted molar refractivity (Wildman–Crippen MR) is 105 cm³/mol. The molecule has 6 nitrogen and oxygen atoms in total. The molecule has 0 unspecified atom stereocenters. The SMILES string of the molecule is Cc1cccc(NC(=O)CN(C)[C@@H](C)c2nc(-c3ccccc3)no2)c1C. The largest absolute Gasteiger partial charge is 0.337 e. The first-order valence-electron chi connectivity index (χ1n) is 8.91. The molecule has 0 bridgehead atoms. The Labute approximate surface area is 159 Å². The Balaban J connectivity index is 1.64. The van der Waals surface area contributed by atoms with Crippen LogP contribution in [-0.4, -0.2) is 34.5 Å². The molecule has 1 amide bonds. The highest BCUT2D eigenvalue weighted by molar-refractivity contribution is 5.93. The van der Waals surface area contributed by atoms with Crippen molar-refractivity contribution < 1.29 is 9.32 Å². The molecule has 2 aromatic carbocycles. The van der Waals surface area contributed by atoms with Gasteiger partial charge >= 0.3 is 0 Å². The van der Waals surface area contributed by atoms with Crippen LogP contribution in [0.15, 0.2) is 53.1 Å². The minimum absolute atomic E-state index is 0.0825. The van der Waals surface area contributed by atoms with E-state index in [-0.39, 0.29) is 18.5 Å². The van der Waals surface area contributed by atoms with E-state index in [0.29, 0.717) is 11.7 Å². The van der Waals surface area contributed by atoms with Crippen LogP contribution in [0, 0.1) is 13.8 Å². The van der Waals surface area contributed by atoms with Crippen molar-refractivity contribution in [1.82, 2.24) is 15.0 Å². The molecule has 140 valence electrons. The zero-order chi connectivity index (χ0) is 19.4. The van der Waals surface area contributed by atoms with E-state index < -0.39 is 0 Å². The smallest absolute Gasteiger partial charge is 0.244 e. The summed E-state index contributed by atoms with van der Waals surface area (Å²) in [6, 6.07) is 15.4. The first-order valence-corrected chi connectivity index (χ1v) is 8.91. The van der Waals surface area contributed by atoms with Gasteiger partial charge in [-0.2, -0.15) is 4.98 Å². The summed E-state index contributed by atoms with van der Waals surface area (Å²) >= 11 is 0. The fourth-order valence-electron chi connectivity index (χ4n) is 2.74. The van der Waals surface area contributed by atoms with Gasteiger partial charge in [0.25, 0.3) is 0 Å². The van der Waals surface area contributed by atoms with E-state index in [0.717, 1.165) is 22.4 Å². The summed E-state index contributed by atoms with van der Waals surface area (Å²) in [5.41, 5.74) is 3.96. The first-order chi connectivity index (χ1) is 13.0. The van der Waals surface area contributed by atoms with Crippen LogP contribution in [0.5, 0.6) is 0 Å². The van der Waals surface area contributed by atoms with Gasteiger partial charge in [-0.1, -0.05) is 47.6 Å². The minimum Gasteiger partial charge on any atom is -0.337 e. The molecule has 0 spiro atoms. The van der Waals surface area contributed by atoms with Gasteiger partial charge in [-0.15, -0.1) is 0 Å². The van der Waals surface area contributed by atoms with Crippen LogP contribution in [0.4, 0.5) is 5.69 Å². The van der Waals surface area contributed by atoms with E-state index in [1.54, 1.807) is 0 Å². The van der Waals surface area contributed by atoms with Gasteiger partial charge in [0.1, 0.15) is 0 Å². The van der Waals surface area contributed by atoms with E-state index in [9.17, 15) is 4.79 Å². The summed E-state index contributed by atoms with van der Waals surface area (Å²) in [5.74, 6) is 0.947. The summed E-state index contributed by atoms with van der Waals surface area (Å²) in [5, 5.41) is 7.02. The summed E-state index contributed by atoms with van der Waals surface area (Å²) in [7, 11) is 1.86. The lowest BCUT2D eigenvalue weighted by Gasteiger charge is -2.21. The maximum absolute atomic E-state index is 12.4. The standard InChI is InChI=1S/C21H24N4O2/c1-14-9-8-12-18(15(14)2)22-19(26)13-25(4)16(3)21-23-20(24-27-21)17-10-6-5-7-11-17/h5-12,16H,13H2,1-4H3,(H,22,26)/t16-/m0/s1. The molecule has 1 aromatic heterocycles. The van der Waals surface area contributed by atoms with Crippen LogP contribution >= 0.6 is 0 Å². The van der Waals surface area contributed by atoms with Crippen LogP contribution in [-0.2, 0) is 4.79 Å². The first kappa shape index (κ1) is 18.8. The topological polar surface area (TPSA) is 71.3 Å². The zero-order valence-corrected chi connectivity index (χ0v) is 16.1. The molecule has 0 aliphatic carbocycles. The number of aryl methyl sites for hydroxylation is 1. The molecule has 3 rings (SSSR count). The van der Waals surface area contributed by atoms with Crippen molar-refractivity contribution in [3.05, 3.63) is 65.5 Å². The minimum atomic E-state index is -0.181. The third kappa shape index (κ3) is 4.41. The van der Waals surface area contributed by atoms with Crippen LogP contribution in [0.1, 0.15) is 30.0 Å². The number of hydrogen-bond acceptors (Lipinski definition) is 5. The Morgan fingerprint density at radius 2 is 1.89 bits per heavy atom. The quantitative estimate of drug-likeness (QED) is 0.716. The Hall–Kier alpha value is -2.99. The summed E-state index contributed by atoms with van der Waals surface area (Å²) in [6.07, 6.45) is 0. The highest BCUT2D eigenvalue weighted by Gasteiger charge is 2.21. The number of carbonyl (C=O) groups excluding carboxylic acids is 1. The van der Waals surface area contributed by atoms with Crippen LogP contribution in [0.2, 0.25) is 0 Å². The number of anilines is 1. The number of aromatic nitrogens is 2. The van der Waals surface area contributed by atoms with Gasteiger partial charge in [0, 0.05) is 11.3 Å².